The van der Waals surface area contributed by atoms with Gasteiger partial charge in [0.25, 0.3) is 0 Å². The molecule has 32 heavy (non-hydrogen) atoms. The highest BCUT2D eigenvalue weighted by molar-refractivity contribution is 5.98. The van der Waals surface area contributed by atoms with Crippen LogP contribution in [0.25, 0.3) is 10.9 Å². The van der Waals surface area contributed by atoms with Gasteiger partial charge in [-0.05, 0) is 105 Å². The van der Waals surface area contributed by atoms with E-state index < -0.39 is 5.54 Å². The van der Waals surface area contributed by atoms with Crippen LogP contribution in [-0.4, -0.2) is 34.4 Å². The van der Waals surface area contributed by atoms with Gasteiger partial charge in [0, 0.05) is 17.3 Å². The van der Waals surface area contributed by atoms with Crippen molar-refractivity contribution in [3.05, 3.63) is 71.7 Å². The number of halogens is 1. The van der Waals surface area contributed by atoms with Crippen LogP contribution in [-0.2, 0) is 4.79 Å². The first-order valence-electron chi connectivity index (χ1n) is 11.2. The summed E-state index contributed by atoms with van der Waals surface area (Å²) in [7, 11) is 0. The first-order valence-corrected chi connectivity index (χ1v) is 11.2. The van der Waals surface area contributed by atoms with E-state index in [1.54, 1.807) is 42.6 Å². The van der Waals surface area contributed by atoms with Gasteiger partial charge in [0.15, 0.2) is 0 Å². The first kappa shape index (κ1) is 20.6. The van der Waals surface area contributed by atoms with Gasteiger partial charge in [0.2, 0.25) is 5.91 Å². The Balaban J connectivity index is 1.30. The summed E-state index contributed by atoms with van der Waals surface area (Å²) in [6, 6.07) is 15.9. The molecule has 2 fully saturated rings. The number of pyridine rings is 1. The molecule has 3 aromatic rings. The number of hydrogen-bond donors (Lipinski definition) is 1. The number of aromatic nitrogens is 1. The average Bonchev–Trinajstić information content (AvgIpc) is 2.79. The molecule has 5 nitrogen and oxygen atoms in total. The van der Waals surface area contributed by atoms with E-state index in [4.69, 9.17) is 5.26 Å². The van der Waals surface area contributed by atoms with E-state index in [-0.39, 0.29) is 11.7 Å². The Morgan fingerprint density at radius 2 is 1.88 bits per heavy atom. The maximum absolute atomic E-state index is 13.9. The number of rotatable bonds is 4. The molecule has 2 heterocycles. The number of nitriles is 1. The van der Waals surface area contributed by atoms with Crippen LogP contribution in [0.15, 0.2) is 54.7 Å². The molecule has 1 aliphatic carbocycles. The molecule has 1 aromatic heterocycles. The fourth-order valence-corrected chi connectivity index (χ4v) is 5.19. The number of nitrogens with zero attached hydrogens (tertiary/aromatic N) is 3. The third kappa shape index (κ3) is 3.63. The summed E-state index contributed by atoms with van der Waals surface area (Å²) in [4.78, 5) is 20.0. The Morgan fingerprint density at radius 3 is 2.53 bits per heavy atom. The molecule has 2 aliphatic rings. The van der Waals surface area contributed by atoms with E-state index in [1.807, 2.05) is 6.07 Å². The molecular weight excluding hydrogens is 403 g/mol. The third-order valence-corrected chi connectivity index (χ3v) is 7.15. The molecule has 0 spiro atoms. The van der Waals surface area contributed by atoms with Crippen molar-refractivity contribution >= 4 is 22.5 Å². The minimum Gasteiger partial charge on any atom is -0.324 e. The van der Waals surface area contributed by atoms with Crippen molar-refractivity contribution in [3.8, 4) is 6.07 Å². The topological polar surface area (TPSA) is 69.0 Å². The zero-order valence-electron chi connectivity index (χ0n) is 17.9. The van der Waals surface area contributed by atoms with Crippen LogP contribution >= 0.6 is 0 Å². The van der Waals surface area contributed by atoms with E-state index in [9.17, 15) is 9.18 Å². The number of anilines is 1. The molecular formula is C26H25FN4O. The molecule has 1 aliphatic heterocycles. The number of amides is 1. The molecule has 0 unspecified atom stereocenters. The number of hydrogen-bond acceptors (Lipinski definition) is 4. The predicted octanol–water partition coefficient (Wildman–Crippen LogP) is 4.99. The van der Waals surface area contributed by atoms with Crippen molar-refractivity contribution in [1.82, 2.24) is 9.88 Å². The van der Waals surface area contributed by atoms with E-state index in [2.05, 4.69) is 21.3 Å². The lowest BCUT2D eigenvalue weighted by Crippen LogP contribution is -2.62. The Bertz CT molecular complexity index is 1190. The summed E-state index contributed by atoms with van der Waals surface area (Å²) in [6.07, 6.45) is 6.45. The fourth-order valence-electron chi connectivity index (χ4n) is 5.19. The van der Waals surface area contributed by atoms with Crippen molar-refractivity contribution < 1.29 is 9.18 Å². The van der Waals surface area contributed by atoms with Crippen molar-refractivity contribution in [2.75, 3.05) is 18.4 Å². The van der Waals surface area contributed by atoms with Gasteiger partial charge in [-0.3, -0.25) is 14.7 Å². The summed E-state index contributed by atoms with van der Waals surface area (Å²) in [5, 5.41) is 12.9. The second-order valence-electron chi connectivity index (χ2n) is 8.85. The maximum atomic E-state index is 13.9. The number of fused-ring (bicyclic) bond motifs is 1. The lowest BCUT2D eigenvalue weighted by atomic mass is 9.72. The normalized spacial score (nSPS) is 18.6. The Kier molecular flexibility index (Phi) is 5.36. The molecule has 0 radical (unpaired) electrons. The summed E-state index contributed by atoms with van der Waals surface area (Å²) < 4.78 is 13.9. The third-order valence-electron chi connectivity index (χ3n) is 7.15. The van der Waals surface area contributed by atoms with Crippen molar-refractivity contribution in [3.63, 3.8) is 0 Å². The predicted molar refractivity (Wildman–Crippen MR) is 122 cm³/mol. The summed E-state index contributed by atoms with van der Waals surface area (Å²) >= 11 is 0. The fraction of sp³-hybridized carbons (Fsp3) is 0.346. The van der Waals surface area contributed by atoms with Gasteiger partial charge in [0.05, 0.1) is 17.1 Å². The van der Waals surface area contributed by atoms with E-state index in [0.29, 0.717) is 11.5 Å². The van der Waals surface area contributed by atoms with Crippen LogP contribution in [0.1, 0.15) is 49.1 Å². The number of carbonyl (C=O) groups is 1. The Hall–Kier alpha value is -3.30. The zero-order chi connectivity index (χ0) is 22.1. The minimum absolute atomic E-state index is 0.0448. The maximum Gasteiger partial charge on any atom is 0.244 e. The summed E-state index contributed by atoms with van der Waals surface area (Å²) in [5.74, 6) is 0.137. The average molecular weight is 429 g/mol. The standard InChI is InChI=1S/C26H25FN4O/c27-20-4-7-24-23(16-20)22(8-13-29-24)19-9-14-31(15-10-19)26(11-1-12-26)25(32)30-21-5-2-18(17-28)3-6-21/h2-8,13,16,19H,1,9-12,14-15H2,(H,30,32). The highest BCUT2D eigenvalue weighted by atomic mass is 19.1. The molecule has 0 atom stereocenters. The number of piperidine rings is 1. The number of carbonyl (C=O) groups excluding carboxylic acids is 1. The van der Waals surface area contributed by atoms with Gasteiger partial charge >= 0.3 is 0 Å². The molecule has 162 valence electrons. The van der Waals surface area contributed by atoms with Gasteiger partial charge in [-0.25, -0.2) is 4.39 Å². The van der Waals surface area contributed by atoms with Gasteiger partial charge < -0.3 is 5.32 Å². The van der Waals surface area contributed by atoms with Crippen LogP contribution in [0.4, 0.5) is 10.1 Å². The smallest absolute Gasteiger partial charge is 0.244 e. The number of benzene rings is 2. The molecule has 1 N–H and O–H groups in total. The van der Waals surface area contributed by atoms with Gasteiger partial charge in [0.1, 0.15) is 11.4 Å². The SMILES string of the molecule is N#Cc1ccc(NC(=O)C2(N3CCC(c4ccnc5ccc(F)cc45)CC3)CCC2)cc1. The number of likely N-dealkylation sites (tertiary alicyclic amines) is 1. The Labute approximate surface area is 186 Å². The largest absolute Gasteiger partial charge is 0.324 e. The van der Waals surface area contributed by atoms with Crippen LogP contribution < -0.4 is 5.32 Å². The zero-order valence-corrected chi connectivity index (χ0v) is 17.9. The van der Waals surface area contributed by atoms with E-state index in [0.717, 1.165) is 67.3 Å². The highest BCUT2D eigenvalue weighted by Gasteiger charge is 2.49. The monoisotopic (exact) mass is 428 g/mol. The first-order chi connectivity index (χ1) is 15.6. The van der Waals surface area contributed by atoms with Crippen LogP contribution in [0.2, 0.25) is 0 Å². The molecule has 6 heteroatoms. The molecule has 5 rings (SSSR count). The molecule has 2 aromatic carbocycles. The summed E-state index contributed by atoms with van der Waals surface area (Å²) in [6.45, 7) is 1.68. The Morgan fingerprint density at radius 1 is 1.12 bits per heavy atom. The van der Waals surface area contributed by atoms with E-state index in [1.165, 1.54) is 6.07 Å². The van der Waals surface area contributed by atoms with Crippen LogP contribution in [0.3, 0.4) is 0 Å². The second kappa shape index (κ2) is 8.33. The van der Waals surface area contributed by atoms with Crippen LogP contribution in [0, 0.1) is 17.1 Å². The van der Waals surface area contributed by atoms with Gasteiger partial charge in [-0.15, -0.1) is 0 Å². The van der Waals surface area contributed by atoms with E-state index >= 15 is 0 Å². The summed E-state index contributed by atoms with van der Waals surface area (Å²) in [5.41, 5.74) is 2.82. The van der Waals surface area contributed by atoms with Crippen molar-refractivity contribution in [1.29, 1.82) is 5.26 Å². The second-order valence-corrected chi connectivity index (χ2v) is 8.85. The van der Waals surface area contributed by atoms with Crippen molar-refractivity contribution in [2.45, 2.75) is 43.6 Å². The minimum atomic E-state index is -0.453. The van der Waals surface area contributed by atoms with Gasteiger partial charge in [-0.1, -0.05) is 0 Å². The number of nitrogens with one attached hydrogen (secondary N) is 1. The van der Waals surface area contributed by atoms with Crippen LogP contribution in [0.5, 0.6) is 0 Å². The lowest BCUT2D eigenvalue weighted by molar-refractivity contribution is -0.135. The molecule has 0 bridgehead atoms. The quantitative estimate of drug-likeness (QED) is 0.636. The molecule has 1 saturated heterocycles. The lowest BCUT2D eigenvalue weighted by Gasteiger charge is -2.51. The van der Waals surface area contributed by atoms with Crippen molar-refractivity contribution in [2.24, 2.45) is 0 Å². The molecule has 1 amide bonds. The highest BCUT2D eigenvalue weighted by Crippen LogP contribution is 2.43. The molecule has 1 saturated carbocycles. The van der Waals surface area contributed by atoms with Gasteiger partial charge in [-0.2, -0.15) is 5.26 Å².